The minimum atomic E-state index is -3.59. The normalized spacial score (nSPS) is 11.2. The van der Waals surface area contributed by atoms with Crippen LogP contribution in [0.3, 0.4) is 0 Å². The molecule has 0 fully saturated rings. The van der Waals surface area contributed by atoms with Crippen LogP contribution < -0.4 is 9.62 Å². The van der Waals surface area contributed by atoms with Gasteiger partial charge in [-0.05, 0) is 42.0 Å². The molecule has 0 bridgehead atoms. The van der Waals surface area contributed by atoms with Crippen molar-refractivity contribution < 1.29 is 13.2 Å². The molecule has 27 heavy (non-hydrogen) atoms. The van der Waals surface area contributed by atoms with Crippen molar-refractivity contribution in [2.45, 2.75) is 5.75 Å². The summed E-state index contributed by atoms with van der Waals surface area (Å²) < 4.78 is 25.1. The van der Waals surface area contributed by atoms with E-state index in [1.807, 2.05) is 24.3 Å². The predicted molar refractivity (Wildman–Crippen MR) is 114 cm³/mol. The second-order valence-corrected chi connectivity index (χ2v) is 9.66. The van der Waals surface area contributed by atoms with Crippen LogP contribution in [0.4, 0.5) is 5.69 Å². The van der Waals surface area contributed by atoms with Crippen LogP contribution in [0.15, 0.2) is 48.5 Å². The summed E-state index contributed by atoms with van der Waals surface area (Å²) in [5, 5.41) is 3.94. The molecule has 0 aliphatic rings. The third kappa shape index (κ3) is 7.62. The van der Waals surface area contributed by atoms with Crippen LogP contribution in [0.5, 0.6) is 0 Å². The van der Waals surface area contributed by atoms with Gasteiger partial charge in [-0.2, -0.15) is 11.8 Å². The van der Waals surface area contributed by atoms with Crippen molar-refractivity contribution in [1.29, 1.82) is 0 Å². The average molecular weight is 447 g/mol. The van der Waals surface area contributed by atoms with E-state index in [0.717, 1.165) is 21.9 Å². The zero-order valence-corrected chi connectivity index (χ0v) is 17.8. The summed E-state index contributed by atoms with van der Waals surface area (Å²) in [7, 11) is -3.59. The number of carbonyl (C=O) groups excluding carboxylic acids is 1. The molecule has 0 unspecified atom stereocenters. The predicted octanol–water partition coefficient (Wildman–Crippen LogP) is 3.81. The Hall–Kier alpha value is -1.41. The maximum absolute atomic E-state index is 12.1. The molecule has 2 aromatic rings. The minimum absolute atomic E-state index is 0.278. The topological polar surface area (TPSA) is 66.5 Å². The molecule has 0 aliphatic carbocycles. The summed E-state index contributed by atoms with van der Waals surface area (Å²) in [6, 6.07) is 13.9. The zero-order valence-electron chi connectivity index (χ0n) is 14.7. The molecule has 2 rings (SSSR count). The van der Waals surface area contributed by atoms with Gasteiger partial charge in [0, 0.05) is 28.1 Å². The monoisotopic (exact) mass is 446 g/mol. The second-order valence-electron chi connectivity index (χ2n) is 5.78. The quantitative estimate of drug-likeness (QED) is 0.594. The SMILES string of the molecule is CS(=O)(=O)N(CC(=O)NCCSCc1cccc(Cl)c1)c1ccc(Cl)cc1. The van der Waals surface area contributed by atoms with Gasteiger partial charge >= 0.3 is 0 Å². The van der Waals surface area contributed by atoms with E-state index in [-0.39, 0.29) is 12.5 Å². The molecule has 0 aromatic heterocycles. The molecule has 0 aliphatic heterocycles. The van der Waals surface area contributed by atoms with Crippen molar-refractivity contribution in [1.82, 2.24) is 5.32 Å². The molecule has 0 heterocycles. The Labute approximate surface area is 174 Å². The Morgan fingerprint density at radius 2 is 1.81 bits per heavy atom. The summed E-state index contributed by atoms with van der Waals surface area (Å²) >= 11 is 13.4. The first-order valence-corrected chi connectivity index (χ1v) is 11.8. The van der Waals surface area contributed by atoms with Crippen molar-refractivity contribution in [2.75, 3.05) is 29.4 Å². The van der Waals surface area contributed by atoms with Crippen LogP contribution in [0.2, 0.25) is 10.0 Å². The molecule has 1 N–H and O–H groups in total. The van der Waals surface area contributed by atoms with E-state index < -0.39 is 10.0 Å². The van der Waals surface area contributed by atoms with E-state index in [2.05, 4.69) is 5.32 Å². The molecule has 9 heteroatoms. The third-order valence-electron chi connectivity index (χ3n) is 3.53. The highest BCUT2D eigenvalue weighted by molar-refractivity contribution is 7.98. The Morgan fingerprint density at radius 1 is 1.11 bits per heavy atom. The number of benzene rings is 2. The van der Waals surface area contributed by atoms with Crippen LogP contribution in [-0.4, -0.2) is 39.4 Å². The number of amides is 1. The number of anilines is 1. The Balaban J connectivity index is 1.81. The number of rotatable bonds is 9. The van der Waals surface area contributed by atoms with Gasteiger partial charge in [0.05, 0.1) is 11.9 Å². The Kier molecular flexibility index (Phi) is 8.28. The summed E-state index contributed by atoms with van der Waals surface area (Å²) in [4.78, 5) is 12.1. The van der Waals surface area contributed by atoms with Crippen LogP contribution in [0, 0.1) is 0 Å². The molecule has 0 saturated carbocycles. The molecule has 2 aromatic carbocycles. The molecule has 1 amide bonds. The number of hydrogen-bond acceptors (Lipinski definition) is 4. The van der Waals surface area contributed by atoms with Crippen LogP contribution in [0.1, 0.15) is 5.56 Å². The number of carbonyl (C=O) groups is 1. The molecule has 0 radical (unpaired) electrons. The lowest BCUT2D eigenvalue weighted by Gasteiger charge is -2.21. The van der Waals surface area contributed by atoms with Crippen molar-refractivity contribution in [2.24, 2.45) is 0 Å². The lowest BCUT2D eigenvalue weighted by molar-refractivity contribution is -0.119. The summed E-state index contributed by atoms with van der Waals surface area (Å²) in [5.74, 6) is 1.13. The van der Waals surface area contributed by atoms with Gasteiger partial charge in [0.2, 0.25) is 15.9 Å². The molecule has 0 spiro atoms. The third-order valence-corrected chi connectivity index (χ3v) is 6.19. The van der Waals surface area contributed by atoms with Crippen molar-refractivity contribution in [3.05, 3.63) is 64.1 Å². The average Bonchev–Trinajstić information content (AvgIpc) is 2.59. The standard InChI is InChI=1S/C18H20Cl2N2O3S2/c1-27(24,25)22(17-7-5-15(19)6-8-17)12-18(23)21-9-10-26-13-14-3-2-4-16(20)11-14/h2-8,11H,9-10,12-13H2,1H3,(H,21,23). The van der Waals surface area contributed by atoms with Gasteiger partial charge in [-0.1, -0.05) is 35.3 Å². The maximum Gasteiger partial charge on any atom is 0.240 e. The number of halogens is 2. The molecular weight excluding hydrogens is 427 g/mol. The highest BCUT2D eigenvalue weighted by atomic mass is 35.5. The first kappa shape index (κ1) is 21.9. The van der Waals surface area contributed by atoms with Crippen LogP contribution >= 0.6 is 35.0 Å². The molecule has 5 nitrogen and oxygen atoms in total. The second kappa shape index (κ2) is 10.2. The summed E-state index contributed by atoms with van der Waals surface area (Å²) in [6.45, 7) is 0.168. The van der Waals surface area contributed by atoms with E-state index in [1.165, 1.54) is 0 Å². The summed E-state index contributed by atoms with van der Waals surface area (Å²) in [5.41, 5.74) is 1.51. The van der Waals surface area contributed by atoms with Crippen molar-refractivity contribution in [3.63, 3.8) is 0 Å². The van der Waals surface area contributed by atoms with Gasteiger partial charge in [0.1, 0.15) is 6.54 Å². The number of nitrogens with one attached hydrogen (secondary N) is 1. The first-order chi connectivity index (χ1) is 12.8. The minimum Gasteiger partial charge on any atom is -0.354 e. The Morgan fingerprint density at radius 3 is 2.44 bits per heavy atom. The highest BCUT2D eigenvalue weighted by Gasteiger charge is 2.20. The van der Waals surface area contributed by atoms with Gasteiger partial charge in [0.15, 0.2) is 0 Å². The van der Waals surface area contributed by atoms with Gasteiger partial charge < -0.3 is 5.32 Å². The number of nitrogens with zero attached hydrogens (tertiary/aromatic N) is 1. The fourth-order valence-corrected chi connectivity index (χ4v) is 4.27. The lowest BCUT2D eigenvalue weighted by atomic mass is 10.2. The van der Waals surface area contributed by atoms with E-state index in [9.17, 15) is 13.2 Å². The Bertz CT molecular complexity index is 874. The molecule has 0 atom stereocenters. The fourth-order valence-electron chi connectivity index (χ4n) is 2.27. The van der Waals surface area contributed by atoms with E-state index in [4.69, 9.17) is 23.2 Å². The number of thioether (sulfide) groups is 1. The van der Waals surface area contributed by atoms with Crippen LogP contribution in [0.25, 0.3) is 0 Å². The first-order valence-electron chi connectivity index (χ1n) is 8.08. The molecular formula is C18H20Cl2N2O3S2. The van der Waals surface area contributed by atoms with E-state index >= 15 is 0 Å². The lowest BCUT2D eigenvalue weighted by Crippen LogP contribution is -2.41. The fraction of sp³-hybridized carbons (Fsp3) is 0.278. The van der Waals surface area contributed by atoms with Gasteiger partial charge in [-0.3, -0.25) is 9.10 Å². The van der Waals surface area contributed by atoms with Crippen molar-refractivity contribution in [3.8, 4) is 0 Å². The number of sulfonamides is 1. The summed E-state index contributed by atoms with van der Waals surface area (Å²) in [6.07, 6.45) is 1.07. The van der Waals surface area contributed by atoms with Gasteiger partial charge in [0.25, 0.3) is 0 Å². The number of hydrogen-bond donors (Lipinski definition) is 1. The maximum atomic E-state index is 12.1. The smallest absolute Gasteiger partial charge is 0.240 e. The van der Waals surface area contributed by atoms with Crippen molar-refractivity contribution >= 4 is 56.6 Å². The van der Waals surface area contributed by atoms with Gasteiger partial charge in [-0.15, -0.1) is 0 Å². The molecule has 146 valence electrons. The molecule has 0 saturated heterocycles. The van der Waals surface area contributed by atoms with Gasteiger partial charge in [-0.25, -0.2) is 8.42 Å². The van der Waals surface area contributed by atoms with E-state index in [0.29, 0.717) is 28.0 Å². The van der Waals surface area contributed by atoms with Crippen LogP contribution in [-0.2, 0) is 20.6 Å². The zero-order chi connectivity index (χ0) is 19.9. The highest BCUT2D eigenvalue weighted by Crippen LogP contribution is 2.20. The largest absolute Gasteiger partial charge is 0.354 e. The van der Waals surface area contributed by atoms with E-state index in [1.54, 1.807) is 36.0 Å².